The van der Waals surface area contributed by atoms with Gasteiger partial charge in [0.05, 0.1) is 18.1 Å². The topological polar surface area (TPSA) is 49.3 Å². The van der Waals surface area contributed by atoms with E-state index in [2.05, 4.69) is 19.2 Å². The first-order chi connectivity index (χ1) is 7.02. The largest absolute Gasteiger partial charge is 0.394 e. The molecule has 3 rings (SSSR count). The highest BCUT2D eigenvalue weighted by molar-refractivity contribution is 5.92. The average Bonchev–Trinajstić information content (AvgIpc) is 2.39. The molecule has 0 radical (unpaired) electrons. The van der Waals surface area contributed by atoms with Crippen molar-refractivity contribution in [2.45, 2.75) is 45.6 Å². The molecule has 0 aromatic heterocycles. The summed E-state index contributed by atoms with van der Waals surface area (Å²) < 4.78 is 0. The lowest BCUT2D eigenvalue weighted by Gasteiger charge is -2.31. The molecule has 2 saturated carbocycles. The number of aliphatic hydroxyl groups excluding tert-OH is 1. The summed E-state index contributed by atoms with van der Waals surface area (Å²) in [6.45, 7) is 4.54. The molecule has 2 aliphatic carbocycles. The van der Waals surface area contributed by atoms with E-state index < -0.39 is 0 Å². The summed E-state index contributed by atoms with van der Waals surface area (Å²) in [6, 6.07) is -0.00301. The third-order valence-corrected chi connectivity index (χ3v) is 5.72. The van der Waals surface area contributed by atoms with Crippen LogP contribution in [-0.4, -0.2) is 23.7 Å². The van der Waals surface area contributed by atoms with Crippen molar-refractivity contribution in [3.8, 4) is 0 Å². The Kier molecular flexibility index (Phi) is 1.54. The number of aliphatic hydroxyl groups is 1. The summed E-state index contributed by atoms with van der Waals surface area (Å²) in [4.78, 5) is 12.1. The van der Waals surface area contributed by atoms with Crippen LogP contribution >= 0.6 is 0 Å². The Morgan fingerprint density at radius 2 is 2.13 bits per heavy atom. The van der Waals surface area contributed by atoms with Crippen molar-refractivity contribution in [3.63, 3.8) is 0 Å². The van der Waals surface area contributed by atoms with E-state index in [4.69, 9.17) is 5.11 Å². The van der Waals surface area contributed by atoms with Crippen LogP contribution in [0.2, 0.25) is 0 Å². The second-order valence-electron chi connectivity index (χ2n) is 6.02. The maximum absolute atomic E-state index is 12.1. The first-order valence-electron chi connectivity index (χ1n) is 5.94. The Morgan fingerprint density at radius 3 is 2.47 bits per heavy atom. The van der Waals surface area contributed by atoms with Crippen LogP contribution in [0.3, 0.4) is 0 Å². The van der Waals surface area contributed by atoms with Gasteiger partial charge in [-0.05, 0) is 30.1 Å². The van der Waals surface area contributed by atoms with Crippen molar-refractivity contribution in [1.29, 1.82) is 0 Å². The molecule has 0 bridgehead atoms. The van der Waals surface area contributed by atoms with Crippen molar-refractivity contribution in [2.75, 3.05) is 6.61 Å². The number of nitrogens with one attached hydrogen (secondary N) is 1. The standard InChI is InChI=1S/C12H19NO2/c1-10(2)11(4-3-5-11)12(10)6-8(7-14)13-9(12)15/h8,14H,3-7H2,1-2H3,(H,13,15)/t8-,12+/m0/s1. The Balaban J connectivity index is 1.97. The summed E-state index contributed by atoms with van der Waals surface area (Å²) >= 11 is 0. The molecule has 2 atom stereocenters. The quantitative estimate of drug-likeness (QED) is 0.678. The van der Waals surface area contributed by atoms with Gasteiger partial charge in [0, 0.05) is 0 Å². The van der Waals surface area contributed by atoms with Gasteiger partial charge < -0.3 is 10.4 Å². The van der Waals surface area contributed by atoms with Crippen molar-refractivity contribution >= 4 is 5.91 Å². The molecule has 2 spiro atoms. The fraction of sp³-hybridized carbons (Fsp3) is 0.917. The van der Waals surface area contributed by atoms with Crippen molar-refractivity contribution in [2.24, 2.45) is 16.2 Å². The molecular weight excluding hydrogens is 190 g/mol. The average molecular weight is 209 g/mol. The Morgan fingerprint density at radius 1 is 1.47 bits per heavy atom. The molecule has 2 N–H and O–H groups in total. The molecule has 1 amide bonds. The molecule has 0 aromatic rings. The van der Waals surface area contributed by atoms with Gasteiger partial charge in [-0.3, -0.25) is 4.79 Å². The van der Waals surface area contributed by atoms with Gasteiger partial charge in [0.25, 0.3) is 0 Å². The first-order valence-corrected chi connectivity index (χ1v) is 5.94. The van der Waals surface area contributed by atoms with E-state index in [0.29, 0.717) is 0 Å². The molecule has 3 heteroatoms. The maximum atomic E-state index is 12.1. The van der Waals surface area contributed by atoms with Gasteiger partial charge in [-0.1, -0.05) is 20.3 Å². The van der Waals surface area contributed by atoms with Gasteiger partial charge in [-0.15, -0.1) is 0 Å². The molecule has 84 valence electrons. The molecule has 1 saturated heterocycles. The normalized spacial score (nSPS) is 44.2. The predicted octanol–water partition coefficient (Wildman–Crippen LogP) is 1.06. The van der Waals surface area contributed by atoms with E-state index in [1.165, 1.54) is 19.3 Å². The summed E-state index contributed by atoms with van der Waals surface area (Å²) in [5.41, 5.74) is 0.270. The van der Waals surface area contributed by atoms with Gasteiger partial charge in [-0.2, -0.15) is 0 Å². The Hall–Kier alpha value is -0.570. The fourth-order valence-corrected chi connectivity index (χ4v) is 4.62. The van der Waals surface area contributed by atoms with Crippen LogP contribution in [0.5, 0.6) is 0 Å². The summed E-state index contributed by atoms with van der Waals surface area (Å²) in [7, 11) is 0. The van der Waals surface area contributed by atoms with Crippen LogP contribution in [0.4, 0.5) is 0 Å². The van der Waals surface area contributed by atoms with Crippen LogP contribution in [0.1, 0.15) is 39.5 Å². The van der Waals surface area contributed by atoms with Gasteiger partial charge in [0.15, 0.2) is 0 Å². The predicted molar refractivity (Wildman–Crippen MR) is 56.1 cm³/mol. The fourth-order valence-electron chi connectivity index (χ4n) is 4.62. The minimum atomic E-state index is -0.147. The molecule has 15 heavy (non-hydrogen) atoms. The summed E-state index contributed by atoms with van der Waals surface area (Å²) in [5, 5.41) is 12.1. The first kappa shape index (κ1) is 9.64. The molecule has 1 aliphatic heterocycles. The number of fused-ring (bicyclic) bond motifs is 1. The van der Waals surface area contributed by atoms with Gasteiger partial charge in [-0.25, -0.2) is 0 Å². The lowest BCUT2D eigenvalue weighted by Crippen LogP contribution is -2.31. The molecular formula is C12H19NO2. The zero-order chi connectivity index (χ0) is 10.9. The van der Waals surface area contributed by atoms with E-state index in [1.54, 1.807) is 0 Å². The van der Waals surface area contributed by atoms with Crippen LogP contribution < -0.4 is 5.32 Å². The van der Waals surface area contributed by atoms with Gasteiger partial charge >= 0.3 is 0 Å². The van der Waals surface area contributed by atoms with Crippen LogP contribution in [0.15, 0.2) is 0 Å². The number of carbonyl (C=O) groups is 1. The van der Waals surface area contributed by atoms with Crippen molar-refractivity contribution in [1.82, 2.24) is 5.32 Å². The second-order valence-corrected chi connectivity index (χ2v) is 6.02. The minimum Gasteiger partial charge on any atom is -0.394 e. The van der Waals surface area contributed by atoms with E-state index >= 15 is 0 Å². The van der Waals surface area contributed by atoms with E-state index in [1.807, 2.05) is 0 Å². The number of carbonyl (C=O) groups excluding carboxylic acids is 1. The zero-order valence-corrected chi connectivity index (χ0v) is 9.47. The lowest BCUT2D eigenvalue weighted by molar-refractivity contribution is -0.126. The number of hydrogen-bond donors (Lipinski definition) is 2. The molecule has 0 unspecified atom stereocenters. The molecule has 3 nitrogen and oxygen atoms in total. The van der Waals surface area contributed by atoms with E-state index in [-0.39, 0.29) is 34.8 Å². The molecule has 0 aromatic carbocycles. The SMILES string of the molecule is CC1(C)C2(CCC2)[C@@]12C[C@@H](CO)NC2=O. The highest BCUT2D eigenvalue weighted by Gasteiger charge is 2.87. The lowest BCUT2D eigenvalue weighted by atomic mass is 9.73. The Labute approximate surface area is 90.2 Å². The Bertz CT molecular complexity index is 333. The highest BCUT2D eigenvalue weighted by Crippen LogP contribution is 2.87. The van der Waals surface area contributed by atoms with Crippen LogP contribution in [0.25, 0.3) is 0 Å². The number of rotatable bonds is 1. The van der Waals surface area contributed by atoms with Crippen molar-refractivity contribution < 1.29 is 9.90 Å². The van der Waals surface area contributed by atoms with Gasteiger partial charge in [0.2, 0.25) is 5.91 Å². The van der Waals surface area contributed by atoms with E-state index in [0.717, 1.165) is 6.42 Å². The summed E-state index contributed by atoms with van der Waals surface area (Å²) in [6.07, 6.45) is 4.51. The zero-order valence-electron chi connectivity index (χ0n) is 9.47. The third kappa shape index (κ3) is 0.718. The summed E-state index contributed by atoms with van der Waals surface area (Å²) in [5.74, 6) is 0.200. The number of amides is 1. The molecule has 3 aliphatic rings. The third-order valence-electron chi connectivity index (χ3n) is 5.72. The molecule has 3 fully saturated rings. The second kappa shape index (κ2) is 2.40. The number of hydrogen-bond acceptors (Lipinski definition) is 2. The van der Waals surface area contributed by atoms with Crippen molar-refractivity contribution in [3.05, 3.63) is 0 Å². The highest BCUT2D eigenvalue weighted by atomic mass is 16.3. The molecule has 1 heterocycles. The smallest absolute Gasteiger partial charge is 0.227 e. The van der Waals surface area contributed by atoms with Crippen LogP contribution in [0, 0.1) is 16.2 Å². The van der Waals surface area contributed by atoms with E-state index in [9.17, 15) is 4.79 Å². The maximum Gasteiger partial charge on any atom is 0.227 e. The monoisotopic (exact) mass is 209 g/mol. The minimum absolute atomic E-state index is 0.00301. The van der Waals surface area contributed by atoms with Gasteiger partial charge in [0.1, 0.15) is 0 Å². The van der Waals surface area contributed by atoms with Crippen LogP contribution in [-0.2, 0) is 4.79 Å².